The van der Waals surface area contributed by atoms with E-state index in [0.29, 0.717) is 10.7 Å². The van der Waals surface area contributed by atoms with Gasteiger partial charge in [0, 0.05) is 27.8 Å². The smallest absolute Gasteiger partial charge is 0.247 e. The molecule has 0 saturated carbocycles. The van der Waals surface area contributed by atoms with Crippen molar-refractivity contribution in [3.05, 3.63) is 65.1 Å². The third-order valence-corrected chi connectivity index (χ3v) is 4.33. The van der Waals surface area contributed by atoms with E-state index in [1.54, 1.807) is 31.3 Å². The molecule has 2 aromatic carbocycles. The fourth-order valence-corrected chi connectivity index (χ4v) is 2.70. The van der Waals surface area contributed by atoms with Crippen LogP contribution in [0.3, 0.4) is 0 Å². The van der Waals surface area contributed by atoms with E-state index >= 15 is 0 Å². The van der Waals surface area contributed by atoms with Gasteiger partial charge in [0.2, 0.25) is 5.91 Å². The number of fused-ring (bicyclic) bond motifs is 1. The first-order valence-corrected chi connectivity index (χ1v) is 7.66. The van der Waals surface area contributed by atoms with Crippen LogP contribution in [0.2, 0.25) is 5.02 Å². The number of nitrogens with zero attached hydrogens (tertiary/aromatic N) is 1. The number of anilines is 1. The SMILES string of the molecule is Cc1ccc(NC(=O)C(C)n2ccc3cc(F)ccc32)cc1Cl. The Morgan fingerprint density at radius 2 is 2.00 bits per heavy atom. The van der Waals surface area contributed by atoms with E-state index in [1.165, 1.54) is 12.1 Å². The molecule has 1 N–H and O–H groups in total. The van der Waals surface area contributed by atoms with E-state index < -0.39 is 6.04 Å². The second kappa shape index (κ2) is 6.05. The molecule has 118 valence electrons. The molecule has 1 amide bonds. The van der Waals surface area contributed by atoms with Gasteiger partial charge in [0.05, 0.1) is 0 Å². The highest BCUT2D eigenvalue weighted by Crippen LogP contribution is 2.24. The maximum atomic E-state index is 13.3. The Morgan fingerprint density at radius 1 is 1.22 bits per heavy atom. The summed E-state index contributed by atoms with van der Waals surface area (Å²) in [5.41, 5.74) is 2.42. The van der Waals surface area contributed by atoms with Crippen LogP contribution >= 0.6 is 11.6 Å². The summed E-state index contributed by atoms with van der Waals surface area (Å²) < 4.78 is 15.1. The third-order valence-electron chi connectivity index (χ3n) is 3.92. The lowest BCUT2D eigenvalue weighted by atomic mass is 10.2. The van der Waals surface area contributed by atoms with Gasteiger partial charge in [-0.3, -0.25) is 4.79 Å². The predicted octanol–water partition coefficient (Wildman–Crippen LogP) is 4.94. The predicted molar refractivity (Wildman–Crippen MR) is 91.4 cm³/mol. The Hall–Kier alpha value is -2.33. The van der Waals surface area contributed by atoms with Crippen molar-refractivity contribution >= 4 is 34.1 Å². The molecule has 3 nitrogen and oxygen atoms in total. The molecule has 5 heteroatoms. The van der Waals surface area contributed by atoms with E-state index in [9.17, 15) is 9.18 Å². The molecular formula is C18H16ClFN2O. The number of amides is 1. The van der Waals surface area contributed by atoms with Gasteiger partial charge in [-0.05, 0) is 55.8 Å². The van der Waals surface area contributed by atoms with Crippen LogP contribution in [0.25, 0.3) is 10.9 Å². The molecule has 0 spiro atoms. The minimum atomic E-state index is -0.432. The van der Waals surface area contributed by atoms with Crippen molar-refractivity contribution in [2.75, 3.05) is 5.32 Å². The molecule has 3 aromatic rings. The average Bonchev–Trinajstić information content (AvgIpc) is 2.93. The van der Waals surface area contributed by atoms with Crippen LogP contribution < -0.4 is 5.32 Å². The number of aromatic nitrogens is 1. The molecular weight excluding hydrogens is 315 g/mol. The number of aryl methyl sites for hydroxylation is 1. The number of halogens is 2. The maximum Gasteiger partial charge on any atom is 0.247 e. The summed E-state index contributed by atoms with van der Waals surface area (Å²) in [5, 5.41) is 4.23. The zero-order valence-corrected chi connectivity index (χ0v) is 13.6. The molecule has 0 aliphatic rings. The van der Waals surface area contributed by atoms with Gasteiger partial charge in [-0.1, -0.05) is 17.7 Å². The van der Waals surface area contributed by atoms with Gasteiger partial charge in [-0.2, -0.15) is 0 Å². The first-order chi connectivity index (χ1) is 11.0. The monoisotopic (exact) mass is 330 g/mol. The lowest BCUT2D eigenvalue weighted by molar-refractivity contribution is -0.118. The number of rotatable bonds is 3. The topological polar surface area (TPSA) is 34.0 Å². The van der Waals surface area contributed by atoms with Crippen LogP contribution in [0.15, 0.2) is 48.7 Å². The largest absolute Gasteiger partial charge is 0.335 e. The van der Waals surface area contributed by atoms with Gasteiger partial charge < -0.3 is 9.88 Å². The van der Waals surface area contributed by atoms with Crippen LogP contribution in [0, 0.1) is 12.7 Å². The number of nitrogens with one attached hydrogen (secondary N) is 1. The fraction of sp³-hybridized carbons (Fsp3) is 0.167. The zero-order chi connectivity index (χ0) is 16.6. The van der Waals surface area contributed by atoms with Crippen LogP contribution in [0.5, 0.6) is 0 Å². The van der Waals surface area contributed by atoms with Gasteiger partial charge in [0.1, 0.15) is 11.9 Å². The van der Waals surface area contributed by atoms with Crippen molar-refractivity contribution in [2.24, 2.45) is 0 Å². The van der Waals surface area contributed by atoms with Crippen molar-refractivity contribution in [1.29, 1.82) is 0 Å². The zero-order valence-electron chi connectivity index (χ0n) is 12.8. The number of hydrogen-bond acceptors (Lipinski definition) is 1. The number of hydrogen-bond donors (Lipinski definition) is 1. The van der Waals surface area contributed by atoms with Gasteiger partial charge in [0.25, 0.3) is 0 Å². The quantitative estimate of drug-likeness (QED) is 0.725. The second-order valence-electron chi connectivity index (χ2n) is 5.56. The normalized spacial score (nSPS) is 12.3. The molecule has 1 atom stereocenters. The van der Waals surface area contributed by atoms with Crippen molar-refractivity contribution in [3.8, 4) is 0 Å². The summed E-state index contributed by atoms with van der Waals surface area (Å²) in [5.74, 6) is -0.451. The average molecular weight is 331 g/mol. The number of carbonyl (C=O) groups excluding carboxylic acids is 1. The summed E-state index contributed by atoms with van der Waals surface area (Å²) in [6.07, 6.45) is 1.79. The highest BCUT2D eigenvalue weighted by molar-refractivity contribution is 6.31. The van der Waals surface area contributed by atoms with Gasteiger partial charge >= 0.3 is 0 Å². The van der Waals surface area contributed by atoms with E-state index in [0.717, 1.165) is 16.5 Å². The van der Waals surface area contributed by atoms with E-state index in [2.05, 4.69) is 5.32 Å². The Labute approximate surface area is 138 Å². The van der Waals surface area contributed by atoms with E-state index in [1.807, 2.05) is 23.6 Å². The van der Waals surface area contributed by atoms with Gasteiger partial charge in [0.15, 0.2) is 0 Å². The Kier molecular flexibility index (Phi) is 4.09. The van der Waals surface area contributed by atoms with Crippen LogP contribution in [0.4, 0.5) is 10.1 Å². The Balaban J connectivity index is 1.84. The number of carbonyl (C=O) groups is 1. The minimum Gasteiger partial charge on any atom is -0.335 e. The Morgan fingerprint density at radius 3 is 2.74 bits per heavy atom. The molecule has 0 radical (unpaired) electrons. The standard InChI is InChI=1S/C18H16ClFN2O/c1-11-3-5-15(10-16(11)19)21-18(23)12(2)22-8-7-13-9-14(20)4-6-17(13)22/h3-10,12H,1-2H3,(H,21,23). The fourth-order valence-electron chi connectivity index (χ4n) is 2.52. The summed E-state index contributed by atoms with van der Waals surface area (Å²) >= 11 is 6.08. The third kappa shape index (κ3) is 3.08. The number of benzene rings is 2. The molecule has 0 bridgehead atoms. The highest BCUT2D eigenvalue weighted by Gasteiger charge is 2.17. The van der Waals surface area contributed by atoms with Gasteiger partial charge in [-0.15, -0.1) is 0 Å². The van der Waals surface area contributed by atoms with Crippen LogP contribution in [-0.4, -0.2) is 10.5 Å². The summed E-state index contributed by atoms with van der Waals surface area (Å²) in [6.45, 7) is 3.70. The first-order valence-electron chi connectivity index (χ1n) is 7.29. The van der Waals surface area contributed by atoms with Crippen LogP contribution in [0.1, 0.15) is 18.5 Å². The van der Waals surface area contributed by atoms with Crippen molar-refractivity contribution in [2.45, 2.75) is 19.9 Å². The molecule has 0 saturated heterocycles. The van der Waals surface area contributed by atoms with E-state index in [4.69, 9.17) is 11.6 Å². The van der Waals surface area contributed by atoms with Crippen molar-refractivity contribution < 1.29 is 9.18 Å². The molecule has 1 unspecified atom stereocenters. The van der Waals surface area contributed by atoms with Crippen molar-refractivity contribution in [1.82, 2.24) is 4.57 Å². The molecule has 1 heterocycles. The van der Waals surface area contributed by atoms with Crippen molar-refractivity contribution in [3.63, 3.8) is 0 Å². The molecule has 0 fully saturated rings. The molecule has 3 rings (SSSR count). The lowest BCUT2D eigenvalue weighted by Crippen LogP contribution is -2.23. The maximum absolute atomic E-state index is 13.3. The molecule has 1 aromatic heterocycles. The molecule has 0 aliphatic carbocycles. The minimum absolute atomic E-state index is 0.160. The van der Waals surface area contributed by atoms with E-state index in [-0.39, 0.29) is 11.7 Å². The summed E-state index contributed by atoms with van der Waals surface area (Å²) in [4.78, 5) is 12.5. The molecule has 0 aliphatic heterocycles. The highest BCUT2D eigenvalue weighted by atomic mass is 35.5. The summed E-state index contributed by atoms with van der Waals surface area (Å²) in [7, 11) is 0. The van der Waals surface area contributed by atoms with Gasteiger partial charge in [-0.25, -0.2) is 4.39 Å². The summed E-state index contributed by atoms with van der Waals surface area (Å²) in [6, 6.07) is 11.3. The molecule has 23 heavy (non-hydrogen) atoms. The van der Waals surface area contributed by atoms with Crippen LogP contribution in [-0.2, 0) is 4.79 Å². The first kappa shape index (κ1) is 15.6. The lowest BCUT2D eigenvalue weighted by Gasteiger charge is -2.16. The second-order valence-corrected chi connectivity index (χ2v) is 5.96. The Bertz CT molecular complexity index is 888.